The molecule has 2 aromatic rings. The van der Waals surface area contributed by atoms with Crippen molar-refractivity contribution in [2.45, 2.75) is 32.7 Å². The first kappa shape index (κ1) is 19.2. The number of benzene rings is 2. The summed E-state index contributed by atoms with van der Waals surface area (Å²) in [7, 11) is 0. The van der Waals surface area contributed by atoms with Crippen molar-refractivity contribution in [1.29, 1.82) is 0 Å². The fourth-order valence-corrected chi connectivity index (χ4v) is 2.38. The predicted molar refractivity (Wildman–Crippen MR) is 99.4 cm³/mol. The van der Waals surface area contributed by atoms with E-state index in [0.29, 0.717) is 23.2 Å². The van der Waals surface area contributed by atoms with Crippen LogP contribution >= 0.6 is 0 Å². The van der Waals surface area contributed by atoms with Crippen LogP contribution in [0.25, 0.3) is 0 Å². The van der Waals surface area contributed by atoms with Crippen molar-refractivity contribution in [3.05, 3.63) is 65.2 Å². The molecule has 0 aromatic heterocycles. The summed E-state index contributed by atoms with van der Waals surface area (Å²) in [5, 5.41) is 14.3. The fraction of sp³-hybridized carbons (Fsp3) is 0.250. The van der Waals surface area contributed by atoms with Gasteiger partial charge < -0.3 is 15.7 Å². The van der Waals surface area contributed by atoms with E-state index in [2.05, 4.69) is 10.6 Å². The van der Waals surface area contributed by atoms with Crippen LogP contribution in [0.3, 0.4) is 0 Å². The van der Waals surface area contributed by atoms with E-state index in [1.165, 1.54) is 0 Å². The number of nitrogens with one attached hydrogen (secondary N) is 2. The van der Waals surface area contributed by atoms with Crippen molar-refractivity contribution >= 4 is 23.5 Å². The van der Waals surface area contributed by atoms with Crippen molar-refractivity contribution in [3.63, 3.8) is 0 Å². The predicted octanol–water partition coefficient (Wildman–Crippen LogP) is 3.09. The third kappa shape index (κ3) is 5.73. The molecule has 0 saturated heterocycles. The molecule has 0 bridgehead atoms. The maximum Gasteiger partial charge on any atom is 0.303 e. The van der Waals surface area contributed by atoms with E-state index in [4.69, 9.17) is 5.11 Å². The Labute approximate surface area is 152 Å². The zero-order valence-electron chi connectivity index (χ0n) is 14.8. The van der Waals surface area contributed by atoms with E-state index >= 15 is 0 Å². The molecule has 0 radical (unpaired) electrons. The molecule has 3 N–H and O–H groups in total. The Morgan fingerprint density at radius 3 is 2.15 bits per heavy atom. The normalized spacial score (nSPS) is 10.4. The second-order valence-electron chi connectivity index (χ2n) is 6.25. The third-order valence-electron chi connectivity index (χ3n) is 3.64. The van der Waals surface area contributed by atoms with E-state index in [9.17, 15) is 14.4 Å². The molecular formula is C20H22N2O4. The summed E-state index contributed by atoms with van der Waals surface area (Å²) in [4.78, 5) is 34.9. The van der Waals surface area contributed by atoms with Gasteiger partial charge in [-0.15, -0.1) is 0 Å². The molecule has 2 amide bonds. The van der Waals surface area contributed by atoms with Gasteiger partial charge >= 0.3 is 5.97 Å². The summed E-state index contributed by atoms with van der Waals surface area (Å²) < 4.78 is 0. The highest BCUT2D eigenvalue weighted by Crippen LogP contribution is 2.14. The van der Waals surface area contributed by atoms with Crippen LogP contribution in [0.4, 0.5) is 5.69 Å². The van der Waals surface area contributed by atoms with Crippen LogP contribution in [-0.2, 0) is 11.2 Å². The second-order valence-corrected chi connectivity index (χ2v) is 6.25. The van der Waals surface area contributed by atoms with Crippen molar-refractivity contribution in [2.75, 3.05) is 5.32 Å². The number of aryl methyl sites for hydroxylation is 1. The van der Waals surface area contributed by atoms with E-state index < -0.39 is 5.97 Å². The first-order chi connectivity index (χ1) is 12.3. The first-order valence-electron chi connectivity index (χ1n) is 8.38. The highest BCUT2D eigenvalue weighted by molar-refractivity contribution is 6.05. The smallest absolute Gasteiger partial charge is 0.303 e. The summed E-state index contributed by atoms with van der Waals surface area (Å²) in [6.07, 6.45) is 0.440. The van der Waals surface area contributed by atoms with Crippen molar-refractivity contribution in [1.82, 2.24) is 5.32 Å². The van der Waals surface area contributed by atoms with Gasteiger partial charge in [0.05, 0.1) is 0 Å². The quantitative estimate of drug-likeness (QED) is 0.712. The number of carboxylic acid groups (broad SMARTS) is 1. The molecule has 0 aliphatic heterocycles. The molecule has 0 atom stereocenters. The van der Waals surface area contributed by atoms with E-state index in [-0.39, 0.29) is 24.3 Å². The number of rotatable bonds is 7. The molecule has 0 heterocycles. The Balaban J connectivity index is 2.02. The van der Waals surface area contributed by atoms with E-state index in [1.807, 2.05) is 19.9 Å². The third-order valence-corrected chi connectivity index (χ3v) is 3.64. The highest BCUT2D eigenvalue weighted by atomic mass is 16.4. The number of amides is 2. The molecule has 0 spiro atoms. The van der Waals surface area contributed by atoms with Crippen LogP contribution in [0.5, 0.6) is 0 Å². The Morgan fingerprint density at radius 1 is 0.962 bits per heavy atom. The first-order valence-corrected chi connectivity index (χ1v) is 8.38. The SMILES string of the molecule is CC(C)NC(=O)c1ccc(C(=O)Nc2cccc(CCC(=O)O)c2)cc1. The monoisotopic (exact) mass is 354 g/mol. The lowest BCUT2D eigenvalue weighted by atomic mass is 10.1. The highest BCUT2D eigenvalue weighted by Gasteiger charge is 2.10. The zero-order chi connectivity index (χ0) is 19.1. The van der Waals surface area contributed by atoms with Gasteiger partial charge in [0.25, 0.3) is 11.8 Å². The minimum absolute atomic E-state index is 0.0390. The van der Waals surface area contributed by atoms with E-state index in [1.54, 1.807) is 42.5 Å². The van der Waals surface area contributed by atoms with Crippen LogP contribution in [0.1, 0.15) is 46.5 Å². The molecule has 0 aliphatic carbocycles. The molecule has 6 nitrogen and oxygen atoms in total. The standard InChI is InChI=1S/C20H22N2O4/c1-13(2)21-19(25)15-7-9-16(10-8-15)20(26)22-17-5-3-4-14(12-17)6-11-18(23)24/h3-5,7-10,12-13H,6,11H2,1-2H3,(H,21,25)(H,22,26)(H,23,24). The second kappa shape index (κ2) is 8.80. The lowest BCUT2D eigenvalue weighted by Gasteiger charge is -2.10. The minimum atomic E-state index is -0.860. The molecule has 0 aliphatic rings. The summed E-state index contributed by atoms with van der Waals surface area (Å²) in [6, 6.07) is 13.5. The molecule has 26 heavy (non-hydrogen) atoms. The Morgan fingerprint density at radius 2 is 1.58 bits per heavy atom. The number of aliphatic carboxylic acids is 1. The van der Waals surface area contributed by atoms with Gasteiger partial charge in [0.15, 0.2) is 0 Å². The van der Waals surface area contributed by atoms with E-state index in [0.717, 1.165) is 5.56 Å². The van der Waals surface area contributed by atoms with Gasteiger partial charge in [-0.3, -0.25) is 14.4 Å². The summed E-state index contributed by atoms with van der Waals surface area (Å²) in [5.41, 5.74) is 2.36. The van der Waals surface area contributed by atoms with Gasteiger partial charge in [0.2, 0.25) is 0 Å². The van der Waals surface area contributed by atoms with Crippen LogP contribution < -0.4 is 10.6 Å². The zero-order valence-corrected chi connectivity index (χ0v) is 14.8. The molecule has 136 valence electrons. The van der Waals surface area contributed by atoms with Crippen LogP contribution in [0.2, 0.25) is 0 Å². The van der Waals surface area contributed by atoms with Crippen LogP contribution in [-0.4, -0.2) is 28.9 Å². The van der Waals surface area contributed by atoms with Gasteiger partial charge in [-0.05, 0) is 62.2 Å². The minimum Gasteiger partial charge on any atom is -0.481 e. The molecule has 6 heteroatoms. The summed E-state index contributed by atoms with van der Waals surface area (Å²) in [5.74, 6) is -1.34. The number of hydrogen-bond donors (Lipinski definition) is 3. The maximum absolute atomic E-state index is 12.3. The van der Waals surface area contributed by atoms with Gasteiger partial charge in [0.1, 0.15) is 0 Å². The number of carboxylic acids is 1. The van der Waals surface area contributed by atoms with Gasteiger partial charge in [-0.1, -0.05) is 12.1 Å². The topological polar surface area (TPSA) is 95.5 Å². The maximum atomic E-state index is 12.3. The molecule has 2 aromatic carbocycles. The van der Waals surface area contributed by atoms with Crippen LogP contribution in [0, 0.1) is 0 Å². The Kier molecular flexibility index (Phi) is 6.49. The summed E-state index contributed by atoms with van der Waals surface area (Å²) >= 11 is 0. The Bertz CT molecular complexity index is 798. The average Bonchev–Trinajstić information content (AvgIpc) is 2.60. The molecule has 0 fully saturated rings. The van der Waals surface area contributed by atoms with Gasteiger partial charge in [-0.2, -0.15) is 0 Å². The molecule has 0 saturated carbocycles. The number of carbonyl (C=O) groups is 3. The van der Waals surface area contributed by atoms with Crippen molar-refractivity contribution in [2.24, 2.45) is 0 Å². The summed E-state index contributed by atoms with van der Waals surface area (Å²) in [6.45, 7) is 3.76. The Hall–Kier alpha value is -3.15. The molecule has 0 unspecified atom stereocenters. The average molecular weight is 354 g/mol. The number of anilines is 1. The number of hydrogen-bond acceptors (Lipinski definition) is 3. The largest absolute Gasteiger partial charge is 0.481 e. The van der Waals surface area contributed by atoms with Crippen molar-refractivity contribution in [3.8, 4) is 0 Å². The lowest BCUT2D eigenvalue weighted by molar-refractivity contribution is -0.136. The number of carbonyl (C=O) groups excluding carboxylic acids is 2. The lowest BCUT2D eigenvalue weighted by Crippen LogP contribution is -2.30. The molecular weight excluding hydrogens is 332 g/mol. The van der Waals surface area contributed by atoms with Crippen molar-refractivity contribution < 1.29 is 19.5 Å². The van der Waals surface area contributed by atoms with Crippen LogP contribution in [0.15, 0.2) is 48.5 Å². The fourth-order valence-electron chi connectivity index (χ4n) is 2.38. The van der Waals surface area contributed by atoms with Gasteiger partial charge in [-0.25, -0.2) is 0 Å². The van der Waals surface area contributed by atoms with Gasteiger partial charge in [0, 0.05) is 29.3 Å². The molecule has 2 rings (SSSR count).